The SMILES string of the molecule is OCCN1CCc2ccccc2C1Br. The fourth-order valence-corrected chi connectivity index (χ4v) is 2.78. The Morgan fingerprint density at radius 1 is 1.43 bits per heavy atom. The van der Waals surface area contributed by atoms with Crippen molar-refractivity contribution >= 4 is 15.9 Å². The Balaban J connectivity index is 2.22. The van der Waals surface area contributed by atoms with Crippen molar-refractivity contribution in [3.8, 4) is 0 Å². The number of benzene rings is 1. The van der Waals surface area contributed by atoms with E-state index in [4.69, 9.17) is 5.11 Å². The number of aliphatic hydroxyl groups is 1. The van der Waals surface area contributed by atoms with Gasteiger partial charge in [0.2, 0.25) is 0 Å². The van der Waals surface area contributed by atoms with E-state index in [9.17, 15) is 0 Å². The van der Waals surface area contributed by atoms with Crippen molar-refractivity contribution in [2.75, 3.05) is 19.7 Å². The van der Waals surface area contributed by atoms with E-state index in [2.05, 4.69) is 45.1 Å². The fraction of sp³-hybridized carbons (Fsp3) is 0.455. The van der Waals surface area contributed by atoms with E-state index in [-0.39, 0.29) is 11.6 Å². The maximum Gasteiger partial charge on any atom is 0.0915 e. The number of nitrogens with zero attached hydrogens (tertiary/aromatic N) is 1. The molecule has 0 aliphatic carbocycles. The zero-order valence-corrected chi connectivity index (χ0v) is 9.57. The number of fused-ring (bicyclic) bond motifs is 1. The van der Waals surface area contributed by atoms with Gasteiger partial charge in [-0.3, -0.25) is 4.90 Å². The quantitative estimate of drug-likeness (QED) is 0.645. The van der Waals surface area contributed by atoms with Gasteiger partial charge in [-0.1, -0.05) is 40.2 Å². The summed E-state index contributed by atoms with van der Waals surface area (Å²) in [6.07, 6.45) is 1.08. The first-order valence-corrected chi connectivity index (χ1v) is 5.81. The largest absolute Gasteiger partial charge is 0.395 e. The predicted octanol–water partition coefficient (Wildman–Crippen LogP) is 1.93. The van der Waals surface area contributed by atoms with Crippen LogP contribution in [-0.2, 0) is 6.42 Å². The van der Waals surface area contributed by atoms with E-state index in [1.54, 1.807) is 0 Å². The van der Waals surface area contributed by atoms with Crippen LogP contribution in [0.4, 0.5) is 0 Å². The second-order valence-electron chi connectivity index (χ2n) is 3.54. The molecule has 2 nitrogen and oxygen atoms in total. The van der Waals surface area contributed by atoms with E-state index >= 15 is 0 Å². The first kappa shape index (κ1) is 10.1. The van der Waals surface area contributed by atoms with Crippen molar-refractivity contribution in [1.29, 1.82) is 0 Å². The molecular weight excluding hydrogens is 242 g/mol. The van der Waals surface area contributed by atoms with Crippen molar-refractivity contribution in [3.63, 3.8) is 0 Å². The average molecular weight is 256 g/mol. The zero-order chi connectivity index (χ0) is 9.97. The van der Waals surface area contributed by atoms with E-state index in [1.165, 1.54) is 11.1 Å². The summed E-state index contributed by atoms with van der Waals surface area (Å²) in [5.41, 5.74) is 2.76. The maximum atomic E-state index is 8.92. The van der Waals surface area contributed by atoms with Crippen molar-refractivity contribution in [2.24, 2.45) is 0 Å². The minimum atomic E-state index is 0.226. The third-order valence-electron chi connectivity index (χ3n) is 2.69. The molecule has 0 aromatic heterocycles. The Bertz CT molecular complexity index is 316. The summed E-state index contributed by atoms with van der Waals surface area (Å²) < 4.78 is 0. The Hall–Kier alpha value is -0.380. The van der Waals surface area contributed by atoms with Crippen LogP contribution in [0.15, 0.2) is 24.3 Å². The molecule has 1 atom stereocenters. The molecule has 2 rings (SSSR count). The fourth-order valence-electron chi connectivity index (χ4n) is 1.92. The topological polar surface area (TPSA) is 23.5 Å². The van der Waals surface area contributed by atoms with Crippen LogP contribution in [0.3, 0.4) is 0 Å². The number of β-amino-alcohol motifs (C(OH)–C–C–N with tert-alkyl or cyclic N) is 1. The summed E-state index contributed by atoms with van der Waals surface area (Å²) >= 11 is 3.67. The van der Waals surface area contributed by atoms with Gasteiger partial charge in [-0.25, -0.2) is 0 Å². The molecule has 0 radical (unpaired) electrons. The van der Waals surface area contributed by atoms with E-state index in [0.29, 0.717) is 0 Å². The minimum absolute atomic E-state index is 0.226. The molecule has 0 saturated carbocycles. The van der Waals surface area contributed by atoms with Crippen molar-refractivity contribution in [3.05, 3.63) is 35.4 Å². The summed E-state index contributed by atoms with van der Waals surface area (Å²) in [5.74, 6) is 0. The van der Waals surface area contributed by atoms with Crippen LogP contribution in [-0.4, -0.2) is 29.7 Å². The van der Waals surface area contributed by atoms with Crippen LogP contribution in [0, 0.1) is 0 Å². The minimum Gasteiger partial charge on any atom is -0.395 e. The maximum absolute atomic E-state index is 8.92. The van der Waals surface area contributed by atoms with Gasteiger partial charge in [-0.15, -0.1) is 0 Å². The molecule has 1 unspecified atom stereocenters. The standard InChI is InChI=1S/C11H14BrNO/c12-11-10-4-2-1-3-9(10)5-6-13(11)7-8-14/h1-4,11,14H,5-8H2. The third kappa shape index (κ3) is 1.85. The molecule has 76 valence electrons. The summed E-state index contributed by atoms with van der Waals surface area (Å²) in [7, 11) is 0. The lowest BCUT2D eigenvalue weighted by molar-refractivity contribution is 0.183. The second kappa shape index (κ2) is 4.43. The predicted molar refractivity (Wildman–Crippen MR) is 60.5 cm³/mol. The van der Waals surface area contributed by atoms with Crippen molar-refractivity contribution in [2.45, 2.75) is 11.4 Å². The molecule has 1 N–H and O–H groups in total. The van der Waals surface area contributed by atoms with Gasteiger partial charge in [0.25, 0.3) is 0 Å². The number of hydrogen-bond donors (Lipinski definition) is 1. The lowest BCUT2D eigenvalue weighted by Gasteiger charge is -2.33. The van der Waals surface area contributed by atoms with Gasteiger partial charge in [0.1, 0.15) is 0 Å². The van der Waals surface area contributed by atoms with Gasteiger partial charge >= 0.3 is 0 Å². The average Bonchev–Trinajstić information content (AvgIpc) is 2.23. The zero-order valence-electron chi connectivity index (χ0n) is 7.99. The molecule has 0 saturated heterocycles. The smallest absolute Gasteiger partial charge is 0.0915 e. The highest BCUT2D eigenvalue weighted by Crippen LogP contribution is 2.33. The summed E-state index contributed by atoms with van der Waals surface area (Å²) in [5, 5.41) is 8.92. The lowest BCUT2D eigenvalue weighted by Crippen LogP contribution is -2.34. The van der Waals surface area contributed by atoms with Crippen LogP contribution in [0.2, 0.25) is 0 Å². The number of hydrogen-bond acceptors (Lipinski definition) is 2. The lowest BCUT2D eigenvalue weighted by atomic mass is 10.00. The number of halogens is 1. The molecule has 0 bridgehead atoms. The molecule has 3 heteroatoms. The van der Waals surface area contributed by atoms with Crippen LogP contribution in [0.5, 0.6) is 0 Å². The van der Waals surface area contributed by atoms with Gasteiger partial charge < -0.3 is 5.11 Å². The Kier molecular flexibility index (Phi) is 3.21. The molecule has 1 aromatic rings. The monoisotopic (exact) mass is 255 g/mol. The van der Waals surface area contributed by atoms with Crippen LogP contribution in [0.25, 0.3) is 0 Å². The normalized spacial score (nSPS) is 22.0. The second-order valence-corrected chi connectivity index (χ2v) is 4.41. The highest BCUT2D eigenvalue weighted by molar-refractivity contribution is 9.09. The summed E-state index contributed by atoms with van der Waals surface area (Å²) in [4.78, 5) is 2.52. The van der Waals surface area contributed by atoms with Crippen molar-refractivity contribution < 1.29 is 5.11 Å². The number of rotatable bonds is 2. The highest BCUT2D eigenvalue weighted by atomic mass is 79.9. The Morgan fingerprint density at radius 2 is 2.21 bits per heavy atom. The summed E-state index contributed by atoms with van der Waals surface area (Å²) in [6, 6.07) is 8.48. The summed E-state index contributed by atoms with van der Waals surface area (Å²) in [6.45, 7) is 1.99. The molecule has 0 fully saturated rings. The van der Waals surface area contributed by atoms with Gasteiger partial charge in [0.15, 0.2) is 0 Å². The van der Waals surface area contributed by atoms with E-state index in [0.717, 1.165) is 19.5 Å². The van der Waals surface area contributed by atoms with E-state index in [1.807, 2.05) is 0 Å². The van der Waals surface area contributed by atoms with E-state index < -0.39 is 0 Å². The first-order valence-electron chi connectivity index (χ1n) is 4.89. The molecular formula is C11H14BrNO. The highest BCUT2D eigenvalue weighted by Gasteiger charge is 2.23. The molecule has 0 amide bonds. The van der Waals surface area contributed by atoms with Crippen LogP contribution >= 0.6 is 15.9 Å². The molecule has 1 aromatic carbocycles. The molecule has 0 spiro atoms. The molecule has 1 aliphatic rings. The Morgan fingerprint density at radius 3 is 3.00 bits per heavy atom. The first-order chi connectivity index (χ1) is 6.83. The van der Waals surface area contributed by atoms with Gasteiger partial charge in [0.05, 0.1) is 11.6 Å². The van der Waals surface area contributed by atoms with Crippen molar-refractivity contribution in [1.82, 2.24) is 4.90 Å². The molecule has 14 heavy (non-hydrogen) atoms. The third-order valence-corrected chi connectivity index (χ3v) is 3.76. The number of aliphatic hydroxyl groups excluding tert-OH is 1. The Labute approximate surface area is 92.7 Å². The molecule has 1 aliphatic heterocycles. The van der Waals surface area contributed by atoms with Gasteiger partial charge in [-0.2, -0.15) is 0 Å². The van der Waals surface area contributed by atoms with Crippen LogP contribution in [0.1, 0.15) is 16.1 Å². The van der Waals surface area contributed by atoms with Crippen LogP contribution < -0.4 is 0 Å². The number of alkyl halides is 1. The molecule has 1 heterocycles. The van der Waals surface area contributed by atoms with Gasteiger partial charge in [-0.05, 0) is 17.5 Å². The van der Waals surface area contributed by atoms with Gasteiger partial charge in [0, 0.05) is 13.1 Å².